The highest BCUT2D eigenvalue weighted by Gasteiger charge is 2.13. The summed E-state index contributed by atoms with van der Waals surface area (Å²) in [5.41, 5.74) is 2.55. The maximum absolute atomic E-state index is 10.9. The first-order chi connectivity index (χ1) is 9.43. The second-order valence-corrected chi connectivity index (χ2v) is 5.47. The molecule has 0 saturated heterocycles. The fraction of sp³-hybridized carbons (Fsp3) is 0.231. The summed E-state index contributed by atoms with van der Waals surface area (Å²) >= 11 is 8.61. The van der Waals surface area contributed by atoms with E-state index in [1.165, 1.54) is 12.1 Å². The number of H-pyrrole nitrogens is 1. The van der Waals surface area contributed by atoms with Crippen molar-refractivity contribution in [3.63, 3.8) is 0 Å². The molecule has 0 aliphatic heterocycles. The van der Waals surface area contributed by atoms with Gasteiger partial charge in [0.2, 0.25) is 0 Å². The molecule has 0 spiro atoms. The minimum Gasteiger partial charge on any atom is -0.342 e. The second kappa shape index (κ2) is 5.80. The van der Waals surface area contributed by atoms with Crippen molar-refractivity contribution in [3.8, 4) is 11.4 Å². The van der Waals surface area contributed by atoms with Crippen molar-refractivity contribution in [1.29, 1.82) is 0 Å². The maximum Gasteiger partial charge on any atom is 0.270 e. The molecule has 0 fully saturated rings. The standard InChI is InChI=1S/C13H12BrN3O2S/c1-3-10-11(14)13(20)16-12(15-10)9-6-8(17(18)19)5-4-7(9)2/h4-6H,3H2,1-2H3,(H,15,16,20). The number of hydrogen-bond acceptors (Lipinski definition) is 4. The maximum atomic E-state index is 10.9. The number of aryl methyl sites for hydroxylation is 2. The van der Waals surface area contributed by atoms with Crippen LogP contribution in [-0.4, -0.2) is 14.9 Å². The van der Waals surface area contributed by atoms with Gasteiger partial charge in [0.25, 0.3) is 5.69 Å². The monoisotopic (exact) mass is 353 g/mol. The smallest absolute Gasteiger partial charge is 0.270 e. The molecular weight excluding hydrogens is 342 g/mol. The number of benzene rings is 1. The van der Waals surface area contributed by atoms with Crippen molar-refractivity contribution in [2.75, 3.05) is 0 Å². The van der Waals surface area contributed by atoms with Crippen molar-refractivity contribution in [3.05, 3.63) is 48.7 Å². The van der Waals surface area contributed by atoms with Gasteiger partial charge in [0.1, 0.15) is 10.5 Å². The molecule has 0 saturated carbocycles. The molecule has 2 aromatic rings. The predicted octanol–water partition coefficient (Wildman–Crippen LogP) is 4.35. The van der Waals surface area contributed by atoms with Crippen LogP contribution in [0.15, 0.2) is 22.7 Å². The first kappa shape index (κ1) is 14.8. The van der Waals surface area contributed by atoms with Gasteiger partial charge >= 0.3 is 0 Å². The zero-order valence-electron chi connectivity index (χ0n) is 10.9. The van der Waals surface area contributed by atoms with Crippen LogP contribution < -0.4 is 0 Å². The first-order valence-corrected chi connectivity index (χ1v) is 7.18. The van der Waals surface area contributed by atoms with Crippen molar-refractivity contribution >= 4 is 33.8 Å². The molecule has 0 radical (unpaired) electrons. The van der Waals surface area contributed by atoms with E-state index in [0.717, 1.165) is 22.2 Å². The third-order valence-corrected chi connectivity index (χ3v) is 4.39. The molecule has 0 atom stereocenters. The molecule has 1 heterocycles. The highest BCUT2D eigenvalue weighted by Crippen LogP contribution is 2.27. The number of nitro groups is 1. The molecule has 2 rings (SSSR count). The van der Waals surface area contributed by atoms with Crippen LogP contribution in [0.4, 0.5) is 5.69 Å². The zero-order chi connectivity index (χ0) is 14.9. The van der Waals surface area contributed by atoms with Crippen LogP contribution >= 0.6 is 28.1 Å². The lowest BCUT2D eigenvalue weighted by Gasteiger charge is -2.09. The van der Waals surface area contributed by atoms with E-state index >= 15 is 0 Å². The lowest BCUT2D eigenvalue weighted by molar-refractivity contribution is -0.384. The average molecular weight is 354 g/mol. The number of nitro benzene ring substituents is 1. The van der Waals surface area contributed by atoms with E-state index in [1.807, 2.05) is 13.8 Å². The molecule has 0 aliphatic carbocycles. The molecule has 1 N–H and O–H groups in total. The molecular formula is C13H12BrN3O2S. The van der Waals surface area contributed by atoms with Gasteiger partial charge in [0.15, 0.2) is 0 Å². The molecule has 1 aromatic carbocycles. The van der Waals surface area contributed by atoms with Gasteiger partial charge in [-0.15, -0.1) is 0 Å². The molecule has 1 aromatic heterocycles. The van der Waals surface area contributed by atoms with Gasteiger partial charge in [-0.25, -0.2) is 4.98 Å². The van der Waals surface area contributed by atoms with Crippen LogP contribution in [0.5, 0.6) is 0 Å². The predicted molar refractivity (Wildman–Crippen MR) is 83.3 cm³/mol. The van der Waals surface area contributed by atoms with E-state index in [9.17, 15) is 10.1 Å². The fourth-order valence-corrected chi connectivity index (χ4v) is 2.54. The first-order valence-electron chi connectivity index (χ1n) is 5.98. The lowest BCUT2D eigenvalue weighted by atomic mass is 10.1. The molecule has 104 valence electrons. The second-order valence-electron chi connectivity index (χ2n) is 4.29. The summed E-state index contributed by atoms with van der Waals surface area (Å²) in [5, 5.41) is 10.9. The summed E-state index contributed by atoms with van der Waals surface area (Å²) in [7, 11) is 0. The fourth-order valence-electron chi connectivity index (χ4n) is 1.86. The van der Waals surface area contributed by atoms with E-state index < -0.39 is 4.92 Å². The number of nitrogens with one attached hydrogen (secondary N) is 1. The topological polar surface area (TPSA) is 71.8 Å². The quantitative estimate of drug-likeness (QED) is 0.505. The normalized spacial score (nSPS) is 10.6. The van der Waals surface area contributed by atoms with Gasteiger partial charge < -0.3 is 4.98 Å². The Balaban J connectivity index is 2.68. The van der Waals surface area contributed by atoms with Crippen LogP contribution in [0.1, 0.15) is 18.2 Å². The highest BCUT2D eigenvalue weighted by atomic mass is 79.9. The minimum atomic E-state index is -0.420. The number of non-ortho nitro benzene ring substituents is 1. The third-order valence-electron chi connectivity index (χ3n) is 2.98. The molecule has 0 bridgehead atoms. The Morgan fingerprint density at radius 2 is 2.20 bits per heavy atom. The van der Waals surface area contributed by atoms with Crippen LogP contribution in [0, 0.1) is 21.7 Å². The average Bonchev–Trinajstić information content (AvgIpc) is 2.42. The number of halogens is 1. The Hall–Kier alpha value is -1.60. The lowest BCUT2D eigenvalue weighted by Crippen LogP contribution is -1.99. The Labute approximate surface area is 129 Å². The summed E-state index contributed by atoms with van der Waals surface area (Å²) in [6.45, 7) is 3.88. The Morgan fingerprint density at radius 3 is 2.80 bits per heavy atom. The third kappa shape index (κ3) is 2.78. The van der Waals surface area contributed by atoms with Crippen LogP contribution in [0.3, 0.4) is 0 Å². The Kier molecular flexibility index (Phi) is 4.29. The van der Waals surface area contributed by atoms with Gasteiger partial charge in [0.05, 0.1) is 9.40 Å². The molecule has 5 nitrogen and oxygen atoms in total. The Bertz CT molecular complexity index is 743. The van der Waals surface area contributed by atoms with Gasteiger partial charge in [-0.2, -0.15) is 0 Å². The number of rotatable bonds is 3. The van der Waals surface area contributed by atoms with E-state index in [1.54, 1.807) is 6.07 Å². The van der Waals surface area contributed by atoms with E-state index in [-0.39, 0.29) is 5.69 Å². The number of hydrogen-bond donors (Lipinski definition) is 1. The molecule has 20 heavy (non-hydrogen) atoms. The molecule has 0 unspecified atom stereocenters. The van der Waals surface area contributed by atoms with Gasteiger partial charge in [-0.05, 0) is 34.8 Å². The number of aromatic nitrogens is 2. The number of nitrogens with zero attached hydrogens (tertiary/aromatic N) is 2. The SMILES string of the molecule is CCc1[nH]c(-c2cc([N+](=O)[O-])ccc2C)nc(=S)c1Br. The van der Waals surface area contributed by atoms with Gasteiger partial charge in [0, 0.05) is 23.4 Å². The van der Waals surface area contributed by atoms with Crippen molar-refractivity contribution in [2.24, 2.45) is 0 Å². The van der Waals surface area contributed by atoms with Crippen LogP contribution in [-0.2, 0) is 6.42 Å². The van der Waals surface area contributed by atoms with Crippen LogP contribution in [0.2, 0.25) is 0 Å². The summed E-state index contributed by atoms with van der Waals surface area (Å²) in [4.78, 5) is 17.9. The molecule has 0 amide bonds. The van der Waals surface area contributed by atoms with E-state index in [0.29, 0.717) is 16.0 Å². The van der Waals surface area contributed by atoms with Gasteiger partial charge in [-0.1, -0.05) is 25.2 Å². The summed E-state index contributed by atoms with van der Waals surface area (Å²) < 4.78 is 1.21. The summed E-state index contributed by atoms with van der Waals surface area (Å²) in [6, 6.07) is 4.70. The van der Waals surface area contributed by atoms with Crippen LogP contribution in [0.25, 0.3) is 11.4 Å². The van der Waals surface area contributed by atoms with Gasteiger partial charge in [-0.3, -0.25) is 10.1 Å². The largest absolute Gasteiger partial charge is 0.342 e. The van der Waals surface area contributed by atoms with Crippen molar-refractivity contribution < 1.29 is 4.92 Å². The zero-order valence-corrected chi connectivity index (χ0v) is 13.3. The summed E-state index contributed by atoms with van der Waals surface area (Å²) in [5.74, 6) is 0.552. The van der Waals surface area contributed by atoms with E-state index in [4.69, 9.17) is 12.2 Å². The van der Waals surface area contributed by atoms with E-state index in [2.05, 4.69) is 25.9 Å². The number of aromatic amines is 1. The Morgan fingerprint density at radius 1 is 1.50 bits per heavy atom. The van der Waals surface area contributed by atoms with Crippen molar-refractivity contribution in [2.45, 2.75) is 20.3 Å². The van der Waals surface area contributed by atoms with Crippen molar-refractivity contribution in [1.82, 2.24) is 9.97 Å². The highest BCUT2D eigenvalue weighted by molar-refractivity contribution is 9.10. The minimum absolute atomic E-state index is 0.0349. The molecule has 0 aliphatic rings. The molecule has 7 heteroatoms. The summed E-state index contributed by atoms with van der Waals surface area (Å²) in [6.07, 6.45) is 0.758.